The summed E-state index contributed by atoms with van der Waals surface area (Å²) < 4.78 is 0. The number of hydrogen-bond donors (Lipinski definition) is 1. The maximum Gasteiger partial charge on any atom is 0.0140 e. The zero-order chi connectivity index (χ0) is 11.3. The van der Waals surface area contributed by atoms with E-state index < -0.39 is 0 Å². The summed E-state index contributed by atoms with van der Waals surface area (Å²) in [7, 11) is 2.29. The summed E-state index contributed by atoms with van der Waals surface area (Å²) in [5.74, 6) is 0. The lowest BCUT2D eigenvalue weighted by atomic mass is 9.88. The van der Waals surface area contributed by atoms with Crippen molar-refractivity contribution in [1.82, 2.24) is 10.2 Å². The Balaban J connectivity index is 2.29. The Labute approximate surface area is 95.4 Å². The van der Waals surface area contributed by atoms with E-state index in [1.54, 1.807) is 0 Å². The van der Waals surface area contributed by atoms with Crippen LogP contribution in [0, 0.1) is 0 Å². The quantitative estimate of drug-likeness (QED) is 0.705. The summed E-state index contributed by atoms with van der Waals surface area (Å²) in [6.45, 7) is 9.36. The Morgan fingerprint density at radius 3 is 2.67 bits per heavy atom. The van der Waals surface area contributed by atoms with Crippen molar-refractivity contribution < 1.29 is 0 Å². The average Bonchev–Trinajstić information content (AvgIpc) is 2.16. The van der Waals surface area contributed by atoms with Gasteiger partial charge in [0.25, 0.3) is 0 Å². The fourth-order valence-corrected chi connectivity index (χ4v) is 2.51. The minimum absolute atomic E-state index is 0.335. The molecular weight excluding hydrogens is 184 g/mol. The monoisotopic (exact) mass is 212 g/mol. The van der Waals surface area contributed by atoms with E-state index in [-0.39, 0.29) is 0 Å². The number of piperidine rings is 1. The standard InChI is InChI=1S/C13H28N2/c1-5-6-7-10-15(4)12-8-9-14-13(2,3)11-12/h12,14H,5-11H2,1-4H3. The summed E-state index contributed by atoms with van der Waals surface area (Å²) in [4.78, 5) is 2.57. The van der Waals surface area contributed by atoms with Gasteiger partial charge < -0.3 is 10.2 Å². The SMILES string of the molecule is CCCCCN(C)C1CCNC(C)(C)C1. The molecule has 1 saturated heterocycles. The Morgan fingerprint density at radius 1 is 1.33 bits per heavy atom. The van der Waals surface area contributed by atoms with Crippen LogP contribution in [0.15, 0.2) is 0 Å². The maximum absolute atomic E-state index is 3.58. The van der Waals surface area contributed by atoms with Crippen LogP contribution in [0.25, 0.3) is 0 Å². The van der Waals surface area contributed by atoms with E-state index in [2.05, 4.69) is 38.0 Å². The van der Waals surface area contributed by atoms with E-state index in [1.165, 1.54) is 45.2 Å². The van der Waals surface area contributed by atoms with Gasteiger partial charge in [0.2, 0.25) is 0 Å². The smallest absolute Gasteiger partial charge is 0.0140 e. The third-order valence-corrected chi connectivity index (χ3v) is 3.56. The highest BCUT2D eigenvalue weighted by Crippen LogP contribution is 2.22. The van der Waals surface area contributed by atoms with Gasteiger partial charge in [-0.3, -0.25) is 0 Å². The topological polar surface area (TPSA) is 15.3 Å². The molecule has 0 radical (unpaired) electrons. The molecule has 0 spiro atoms. The van der Waals surface area contributed by atoms with Crippen LogP contribution in [0.4, 0.5) is 0 Å². The highest BCUT2D eigenvalue weighted by atomic mass is 15.1. The second-order valence-corrected chi connectivity index (χ2v) is 5.64. The number of nitrogens with one attached hydrogen (secondary N) is 1. The molecule has 15 heavy (non-hydrogen) atoms. The van der Waals surface area contributed by atoms with Crippen molar-refractivity contribution in [2.75, 3.05) is 20.1 Å². The van der Waals surface area contributed by atoms with Crippen molar-refractivity contribution in [3.05, 3.63) is 0 Å². The molecule has 2 nitrogen and oxygen atoms in total. The Morgan fingerprint density at radius 2 is 2.07 bits per heavy atom. The highest BCUT2D eigenvalue weighted by molar-refractivity contribution is 4.89. The summed E-state index contributed by atoms with van der Waals surface area (Å²) in [6, 6.07) is 0.790. The molecule has 1 aliphatic heterocycles. The fourth-order valence-electron chi connectivity index (χ4n) is 2.51. The normalized spacial score (nSPS) is 25.8. The van der Waals surface area contributed by atoms with Gasteiger partial charge in [0.05, 0.1) is 0 Å². The summed E-state index contributed by atoms with van der Waals surface area (Å²) in [6.07, 6.45) is 6.66. The maximum atomic E-state index is 3.58. The first-order valence-corrected chi connectivity index (χ1v) is 6.50. The zero-order valence-electron chi connectivity index (χ0n) is 11.0. The van der Waals surface area contributed by atoms with Crippen LogP contribution < -0.4 is 5.32 Å². The van der Waals surface area contributed by atoms with Crippen molar-refractivity contribution in [3.8, 4) is 0 Å². The summed E-state index contributed by atoms with van der Waals surface area (Å²) >= 11 is 0. The van der Waals surface area contributed by atoms with Crippen LogP contribution in [0.5, 0.6) is 0 Å². The molecular formula is C13H28N2. The Kier molecular flexibility index (Phi) is 5.07. The van der Waals surface area contributed by atoms with Gasteiger partial charge in [0.1, 0.15) is 0 Å². The van der Waals surface area contributed by atoms with Gasteiger partial charge in [-0.05, 0) is 53.2 Å². The van der Waals surface area contributed by atoms with Crippen LogP contribution in [-0.2, 0) is 0 Å². The van der Waals surface area contributed by atoms with Gasteiger partial charge in [-0.25, -0.2) is 0 Å². The lowest BCUT2D eigenvalue weighted by Crippen LogP contribution is -2.52. The van der Waals surface area contributed by atoms with Crippen LogP contribution in [0.3, 0.4) is 0 Å². The van der Waals surface area contributed by atoms with Gasteiger partial charge >= 0.3 is 0 Å². The lowest BCUT2D eigenvalue weighted by molar-refractivity contribution is 0.142. The van der Waals surface area contributed by atoms with Gasteiger partial charge in [0.15, 0.2) is 0 Å². The van der Waals surface area contributed by atoms with Crippen molar-refractivity contribution in [1.29, 1.82) is 0 Å². The number of nitrogens with zero attached hydrogens (tertiary/aromatic N) is 1. The predicted octanol–water partition coefficient (Wildman–Crippen LogP) is 2.64. The van der Waals surface area contributed by atoms with Crippen molar-refractivity contribution in [3.63, 3.8) is 0 Å². The van der Waals surface area contributed by atoms with Crippen LogP contribution in [0.1, 0.15) is 52.9 Å². The molecule has 1 N–H and O–H groups in total. The van der Waals surface area contributed by atoms with E-state index in [4.69, 9.17) is 0 Å². The molecule has 0 bridgehead atoms. The molecule has 1 rings (SSSR count). The molecule has 0 saturated carbocycles. The lowest BCUT2D eigenvalue weighted by Gasteiger charge is -2.40. The molecule has 90 valence electrons. The first-order valence-electron chi connectivity index (χ1n) is 6.50. The molecule has 0 aromatic carbocycles. The molecule has 1 heterocycles. The highest BCUT2D eigenvalue weighted by Gasteiger charge is 2.29. The summed E-state index contributed by atoms with van der Waals surface area (Å²) in [5.41, 5.74) is 0.335. The van der Waals surface area contributed by atoms with Crippen LogP contribution >= 0.6 is 0 Å². The number of hydrogen-bond acceptors (Lipinski definition) is 2. The Hall–Kier alpha value is -0.0800. The first-order chi connectivity index (χ1) is 7.05. The molecule has 1 fully saturated rings. The first kappa shape index (κ1) is 13.0. The largest absolute Gasteiger partial charge is 0.312 e. The van der Waals surface area contributed by atoms with Gasteiger partial charge in [0, 0.05) is 11.6 Å². The molecule has 0 aromatic rings. The van der Waals surface area contributed by atoms with Crippen molar-refractivity contribution in [2.24, 2.45) is 0 Å². The van der Waals surface area contributed by atoms with Gasteiger partial charge in [-0.2, -0.15) is 0 Å². The molecule has 0 amide bonds. The average molecular weight is 212 g/mol. The van der Waals surface area contributed by atoms with Gasteiger partial charge in [-0.15, -0.1) is 0 Å². The third-order valence-electron chi connectivity index (χ3n) is 3.56. The molecule has 2 heteroatoms. The third kappa shape index (κ3) is 4.52. The minimum atomic E-state index is 0.335. The molecule has 1 aliphatic rings. The minimum Gasteiger partial charge on any atom is -0.312 e. The van der Waals surface area contributed by atoms with Crippen LogP contribution in [0.2, 0.25) is 0 Å². The fraction of sp³-hybridized carbons (Fsp3) is 1.00. The number of rotatable bonds is 5. The van der Waals surface area contributed by atoms with E-state index in [9.17, 15) is 0 Å². The van der Waals surface area contributed by atoms with E-state index in [0.29, 0.717) is 5.54 Å². The second kappa shape index (κ2) is 5.86. The second-order valence-electron chi connectivity index (χ2n) is 5.64. The van der Waals surface area contributed by atoms with Gasteiger partial charge in [-0.1, -0.05) is 19.8 Å². The zero-order valence-corrected chi connectivity index (χ0v) is 11.0. The molecule has 1 atom stereocenters. The van der Waals surface area contributed by atoms with E-state index in [1.807, 2.05) is 0 Å². The van der Waals surface area contributed by atoms with Crippen molar-refractivity contribution >= 4 is 0 Å². The number of unbranched alkanes of at least 4 members (excludes halogenated alkanes) is 2. The summed E-state index contributed by atoms with van der Waals surface area (Å²) in [5, 5.41) is 3.58. The predicted molar refractivity (Wildman–Crippen MR) is 67.3 cm³/mol. The van der Waals surface area contributed by atoms with E-state index in [0.717, 1.165) is 6.04 Å². The molecule has 0 aliphatic carbocycles. The molecule has 1 unspecified atom stereocenters. The Bertz CT molecular complexity index is 177. The van der Waals surface area contributed by atoms with Crippen LogP contribution in [-0.4, -0.2) is 36.6 Å². The van der Waals surface area contributed by atoms with Crippen molar-refractivity contribution in [2.45, 2.75) is 64.5 Å². The molecule has 0 aromatic heterocycles. The van der Waals surface area contributed by atoms with E-state index >= 15 is 0 Å².